The zero-order valence-corrected chi connectivity index (χ0v) is 12.3. The largest absolute Gasteiger partial charge is 0.362 e. The molecule has 0 unspecified atom stereocenters. The standard InChI is InChI=1S/C10H12Br2N2S/c1-2-6-13-10(15)14-9-7(11)4-3-5-8(9)12/h3-5H,2,6H2,1H3,(H2,13,14,15). The first-order valence-electron chi connectivity index (χ1n) is 4.64. The van der Waals surface area contributed by atoms with Crippen molar-refractivity contribution in [1.82, 2.24) is 5.32 Å². The minimum absolute atomic E-state index is 0.643. The molecule has 0 heterocycles. The van der Waals surface area contributed by atoms with E-state index in [1.807, 2.05) is 18.2 Å². The van der Waals surface area contributed by atoms with Gasteiger partial charge in [0.1, 0.15) is 0 Å². The number of benzene rings is 1. The summed E-state index contributed by atoms with van der Waals surface area (Å²) < 4.78 is 1.97. The topological polar surface area (TPSA) is 24.1 Å². The molecule has 0 saturated carbocycles. The van der Waals surface area contributed by atoms with Gasteiger partial charge in [-0.2, -0.15) is 0 Å². The van der Waals surface area contributed by atoms with Gasteiger partial charge in [0.25, 0.3) is 0 Å². The van der Waals surface area contributed by atoms with Crippen molar-refractivity contribution in [3.63, 3.8) is 0 Å². The first kappa shape index (κ1) is 12.9. The number of nitrogens with one attached hydrogen (secondary N) is 2. The van der Waals surface area contributed by atoms with Crippen LogP contribution in [0, 0.1) is 0 Å². The molecule has 0 aromatic heterocycles. The van der Waals surface area contributed by atoms with Crippen molar-refractivity contribution in [3.8, 4) is 0 Å². The second-order valence-corrected chi connectivity index (χ2v) is 5.09. The molecule has 82 valence electrons. The van der Waals surface area contributed by atoms with Crippen molar-refractivity contribution >= 4 is 54.9 Å². The van der Waals surface area contributed by atoms with E-state index >= 15 is 0 Å². The van der Waals surface area contributed by atoms with Crippen molar-refractivity contribution in [1.29, 1.82) is 0 Å². The summed E-state index contributed by atoms with van der Waals surface area (Å²) in [4.78, 5) is 0. The zero-order chi connectivity index (χ0) is 11.3. The van der Waals surface area contributed by atoms with Crippen molar-refractivity contribution in [2.24, 2.45) is 0 Å². The maximum Gasteiger partial charge on any atom is 0.170 e. The number of rotatable bonds is 3. The molecule has 2 nitrogen and oxygen atoms in total. The molecule has 1 aromatic carbocycles. The summed E-state index contributed by atoms with van der Waals surface area (Å²) in [5.74, 6) is 0. The van der Waals surface area contributed by atoms with E-state index < -0.39 is 0 Å². The Kier molecular flexibility index (Phi) is 5.56. The van der Waals surface area contributed by atoms with Gasteiger partial charge in [0, 0.05) is 15.5 Å². The molecular weight excluding hydrogens is 340 g/mol. The molecule has 2 N–H and O–H groups in total. The number of thiocarbonyl (C=S) groups is 1. The average Bonchev–Trinajstić information content (AvgIpc) is 2.21. The molecule has 0 aliphatic carbocycles. The predicted octanol–water partition coefficient (Wildman–Crippen LogP) is 3.91. The normalized spacial score (nSPS) is 9.80. The summed E-state index contributed by atoms with van der Waals surface area (Å²) in [7, 11) is 0. The monoisotopic (exact) mass is 350 g/mol. The Balaban J connectivity index is 2.68. The molecule has 0 saturated heterocycles. The summed E-state index contributed by atoms with van der Waals surface area (Å²) in [6.45, 7) is 2.98. The lowest BCUT2D eigenvalue weighted by Crippen LogP contribution is -2.29. The van der Waals surface area contributed by atoms with E-state index in [0.29, 0.717) is 5.11 Å². The minimum Gasteiger partial charge on any atom is -0.362 e. The van der Waals surface area contributed by atoms with Crippen LogP contribution in [0.4, 0.5) is 5.69 Å². The maximum absolute atomic E-state index is 5.16. The molecule has 0 amide bonds. The molecule has 0 atom stereocenters. The van der Waals surface area contributed by atoms with Crippen LogP contribution in [-0.4, -0.2) is 11.7 Å². The van der Waals surface area contributed by atoms with Crippen LogP contribution in [0.3, 0.4) is 0 Å². The number of hydrogen-bond donors (Lipinski definition) is 2. The highest BCUT2D eigenvalue weighted by atomic mass is 79.9. The van der Waals surface area contributed by atoms with Gasteiger partial charge in [-0.3, -0.25) is 0 Å². The van der Waals surface area contributed by atoms with Crippen molar-refractivity contribution in [2.45, 2.75) is 13.3 Å². The lowest BCUT2D eigenvalue weighted by atomic mass is 10.3. The fourth-order valence-electron chi connectivity index (χ4n) is 1.01. The molecule has 0 radical (unpaired) electrons. The highest BCUT2D eigenvalue weighted by molar-refractivity contribution is 9.11. The molecule has 0 bridgehead atoms. The molecule has 0 fully saturated rings. The van der Waals surface area contributed by atoms with E-state index in [2.05, 4.69) is 49.4 Å². The Bertz CT molecular complexity index is 335. The summed E-state index contributed by atoms with van der Waals surface area (Å²) in [5, 5.41) is 6.90. The van der Waals surface area contributed by atoms with Gasteiger partial charge >= 0.3 is 0 Å². The molecule has 1 aromatic rings. The Hall–Kier alpha value is -0.130. The third kappa shape index (κ3) is 4.09. The van der Waals surface area contributed by atoms with Crippen LogP contribution in [0.1, 0.15) is 13.3 Å². The van der Waals surface area contributed by atoms with Crippen LogP contribution in [0.5, 0.6) is 0 Å². The highest BCUT2D eigenvalue weighted by Crippen LogP contribution is 2.30. The summed E-state index contributed by atoms with van der Waals surface area (Å²) >= 11 is 12.1. The van der Waals surface area contributed by atoms with E-state index in [-0.39, 0.29) is 0 Å². The van der Waals surface area contributed by atoms with E-state index in [4.69, 9.17) is 12.2 Å². The van der Waals surface area contributed by atoms with E-state index in [0.717, 1.165) is 27.6 Å². The number of anilines is 1. The Morgan fingerprint density at radius 3 is 2.47 bits per heavy atom. The van der Waals surface area contributed by atoms with Gasteiger partial charge in [-0.25, -0.2) is 0 Å². The number of hydrogen-bond acceptors (Lipinski definition) is 1. The second kappa shape index (κ2) is 6.45. The fourth-order valence-corrected chi connectivity index (χ4v) is 2.41. The summed E-state index contributed by atoms with van der Waals surface area (Å²) in [6.07, 6.45) is 1.05. The maximum atomic E-state index is 5.16. The number of halogens is 2. The smallest absolute Gasteiger partial charge is 0.170 e. The molecule has 15 heavy (non-hydrogen) atoms. The number of para-hydroxylation sites is 1. The average molecular weight is 352 g/mol. The zero-order valence-electron chi connectivity index (χ0n) is 8.31. The Morgan fingerprint density at radius 2 is 1.93 bits per heavy atom. The minimum atomic E-state index is 0.643. The lowest BCUT2D eigenvalue weighted by Gasteiger charge is -2.12. The van der Waals surface area contributed by atoms with Crippen LogP contribution >= 0.6 is 44.1 Å². The van der Waals surface area contributed by atoms with Crippen LogP contribution in [0.25, 0.3) is 0 Å². The predicted molar refractivity (Wildman–Crippen MR) is 76.4 cm³/mol. The highest BCUT2D eigenvalue weighted by Gasteiger charge is 2.05. The van der Waals surface area contributed by atoms with Gasteiger partial charge in [0.05, 0.1) is 5.69 Å². The summed E-state index contributed by atoms with van der Waals surface area (Å²) in [5.41, 5.74) is 0.950. The Labute approximate surface area is 112 Å². The third-order valence-electron chi connectivity index (χ3n) is 1.74. The Morgan fingerprint density at radius 1 is 1.33 bits per heavy atom. The molecule has 0 aliphatic rings. The van der Waals surface area contributed by atoms with Crippen LogP contribution in [-0.2, 0) is 0 Å². The summed E-state index contributed by atoms with van der Waals surface area (Å²) in [6, 6.07) is 5.90. The first-order chi connectivity index (χ1) is 7.15. The lowest BCUT2D eigenvalue weighted by molar-refractivity contribution is 0.846. The van der Waals surface area contributed by atoms with Gasteiger partial charge in [0.15, 0.2) is 5.11 Å². The molecule has 0 aliphatic heterocycles. The SMILES string of the molecule is CCCNC(=S)Nc1c(Br)cccc1Br. The second-order valence-electron chi connectivity index (χ2n) is 2.98. The third-order valence-corrected chi connectivity index (χ3v) is 3.30. The molecule has 1 rings (SSSR count). The van der Waals surface area contributed by atoms with Crippen LogP contribution in [0.15, 0.2) is 27.1 Å². The van der Waals surface area contributed by atoms with Gasteiger partial charge in [0.2, 0.25) is 0 Å². The molecule has 5 heteroatoms. The van der Waals surface area contributed by atoms with Crippen molar-refractivity contribution in [3.05, 3.63) is 27.1 Å². The van der Waals surface area contributed by atoms with Crippen LogP contribution in [0.2, 0.25) is 0 Å². The van der Waals surface area contributed by atoms with Gasteiger partial charge in [-0.1, -0.05) is 13.0 Å². The van der Waals surface area contributed by atoms with E-state index in [1.165, 1.54) is 0 Å². The fraction of sp³-hybridized carbons (Fsp3) is 0.300. The molecule has 0 spiro atoms. The van der Waals surface area contributed by atoms with Crippen molar-refractivity contribution < 1.29 is 0 Å². The van der Waals surface area contributed by atoms with Gasteiger partial charge in [-0.15, -0.1) is 0 Å². The van der Waals surface area contributed by atoms with E-state index in [1.54, 1.807) is 0 Å². The van der Waals surface area contributed by atoms with Crippen LogP contribution < -0.4 is 10.6 Å². The molecular formula is C10H12Br2N2S. The quantitative estimate of drug-likeness (QED) is 0.807. The van der Waals surface area contributed by atoms with Crippen molar-refractivity contribution in [2.75, 3.05) is 11.9 Å². The van der Waals surface area contributed by atoms with E-state index in [9.17, 15) is 0 Å². The van der Waals surface area contributed by atoms with Gasteiger partial charge < -0.3 is 10.6 Å². The van der Waals surface area contributed by atoms with Gasteiger partial charge in [-0.05, 0) is 62.6 Å². The first-order valence-corrected chi connectivity index (χ1v) is 6.63.